The van der Waals surface area contributed by atoms with E-state index in [0.717, 1.165) is 22.9 Å². The molecule has 20 heavy (non-hydrogen) atoms. The Morgan fingerprint density at radius 2 is 2.05 bits per heavy atom. The van der Waals surface area contributed by atoms with Crippen LogP contribution in [-0.4, -0.2) is 32.9 Å². The normalized spacial score (nSPS) is 22.4. The standard InChI is InChI=1S/C12H17N3O3S2/c1-2-19-12-15-14-11(20-12)13-9(16)7-5-3-4-6-8(7)10(17)18/h7-8H,2-6H2,1H3,(H,17,18)(H,13,14,16)/t7-,8+/m1/s1. The van der Waals surface area contributed by atoms with Crippen LogP contribution in [-0.2, 0) is 9.59 Å². The van der Waals surface area contributed by atoms with Gasteiger partial charge in [-0.05, 0) is 18.6 Å². The molecule has 2 rings (SSSR count). The zero-order chi connectivity index (χ0) is 14.5. The van der Waals surface area contributed by atoms with Gasteiger partial charge in [0, 0.05) is 0 Å². The molecular formula is C12H17N3O3S2. The second kappa shape index (κ2) is 7.03. The van der Waals surface area contributed by atoms with E-state index in [0.29, 0.717) is 18.0 Å². The van der Waals surface area contributed by atoms with Gasteiger partial charge in [0.15, 0.2) is 4.34 Å². The molecule has 0 unspecified atom stereocenters. The molecule has 1 fully saturated rings. The summed E-state index contributed by atoms with van der Waals surface area (Å²) in [5.41, 5.74) is 0. The SMILES string of the molecule is CCSc1nnc(NC(=O)[C@@H]2CCCC[C@@H]2C(=O)O)s1. The van der Waals surface area contributed by atoms with E-state index in [-0.39, 0.29) is 5.91 Å². The van der Waals surface area contributed by atoms with Gasteiger partial charge in [-0.15, -0.1) is 10.2 Å². The van der Waals surface area contributed by atoms with E-state index in [9.17, 15) is 14.7 Å². The first-order chi connectivity index (χ1) is 9.61. The van der Waals surface area contributed by atoms with Gasteiger partial charge < -0.3 is 10.4 Å². The molecule has 8 heteroatoms. The fourth-order valence-corrected chi connectivity index (χ4v) is 4.03. The van der Waals surface area contributed by atoms with Gasteiger partial charge in [0.2, 0.25) is 11.0 Å². The van der Waals surface area contributed by atoms with Crippen molar-refractivity contribution in [3.63, 3.8) is 0 Å². The number of rotatable bonds is 5. The smallest absolute Gasteiger partial charge is 0.307 e. The summed E-state index contributed by atoms with van der Waals surface area (Å²) >= 11 is 2.88. The van der Waals surface area contributed by atoms with Crippen molar-refractivity contribution < 1.29 is 14.7 Å². The molecule has 0 spiro atoms. The molecule has 1 aliphatic rings. The number of thioether (sulfide) groups is 1. The molecule has 1 aliphatic carbocycles. The minimum absolute atomic E-state index is 0.249. The lowest BCUT2D eigenvalue weighted by molar-refractivity contribution is -0.147. The molecule has 6 nitrogen and oxygen atoms in total. The Morgan fingerprint density at radius 3 is 2.70 bits per heavy atom. The molecule has 0 aliphatic heterocycles. The van der Waals surface area contributed by atoms with E-state index in [4.69, 9.17) is 0 Å². The first kappa shape index (κ1) is 15.2. The Kier molecular flexibility index (Phi) is 5.36. The topological polar surface area (TPSA) is 92.2 Å². The Bertz CT molecular complexity index is 492. The molecule has 2 atom stereocenters. The lowest BCUT2D eigenvalue weighted by Crippen LogP contribution is -2.36. The van der Waals surface area contributed by atoms with Crippen molar-refractivity contribution in [2.24, 2.45) is 11.8 Å². The minimum atomic E-state index is -0.885. The second-order valence-electron chi connectivity index (χ2n) is 4.63. The minimum Gasteiger partial charge on any atom is -0.481 e. The van der Waals surface area contributed by atoms with Crippen LogP contribution < -0.4 is 5.32 Å². The van der Waals surface area contributed by atoms with E-state index in [2.05, 4.69) is 15.5 Å². The van der Waals surface area contributed by atoms with Gasteiger partial charge >= 0.3 is 5.97 Å². The number of amides is 1. The Labute approximate surface area is 125 Å². The fraction of sp³-hybridized carbons (Fsp3) is 0.667. The summed E-state index contributed by atoms with van der Waals surface area (Å²) in [5, 5.41) is 20.2. The van der Waals surface area contributed by atoms with Crippen molar-refractivity contribution >= 4 is 40.1 Å². The summed E-state index contributed by atoms with van der Waals surface area (Å²) in [7, 11) is 0. The fourth-order valence-electron chi connectivity index (χ4n) is 2.38. The van der Waals surface area contributed by atoms with Crippen LogP contribution in [0.3, 0.4) is 0 Å². The number of carboxylic acids is 1. The van der Waals surface area contributed by atoms with Crippen molar-refractivity contribution in [3.8, 4) is 0 Å². The summed E-state index contributed by atoms with van der Waals surface area (Å²) < 4.78 is 0.807. The molecule has 0 saturated heterocycles. The van der Waals surface area contributed by atoms with Crippen LogP contribution in [0.5, 0.6) is 0 Å². The average molecular weight is 315 g/mol. The van der Waals surface area contributed by atoms with E-state index in [1.165, 1.54) is 11.3 Å². The van der Waals surface area contributed by atoms with Crippen molar-refractivity contribution in [2.75, 3.05) is 11.1 Å². The summed E-state index contributed by atoms with van der Waals surface area (Å²) in [5.74, 6) is -1.29. The molecule has 1 aromatic rings. The molecule has 0 aromatic carbocycles. The van der Waals surface area contributed by atoms with Gasteiger partial charge in [-0.3, -0.25) is 9.59 Å². The second-order valence-corrected chi connectivity index (χ2v) is 7.12. The number of hydrogen-bond acceptors (Lipinski definition) is 6. The molecule has 110 valence electrons. The number of carbonyl (C=O) groups is 2. The van der Waals surface area contributed by atoms with Crippen LogP contribution in [0.2, 0.25) is 0 Å². The van der Waals surface area contributed by atoms with Crippen LogP contribution >= 0.6 is 23.1 Å². The molecule has 0 radical (unpaired) electrons. The van der Waals surface area contributed by atoms with Gasteiger partial charge in [0.05, 0.1) is 11.8 Å². The average Bonchev–Trinajstić information content (AvgIpc) is 2.86. The first-order valence-electron chi connectivity index (χ1n) is 6.61. The molecule has 1 heterocycles. The number of carbonyl (C=O) groups excluding carboxylic acids is 1. The lowest BCUT2D eigenvalue weighted by Gasteiger charge is -2.26. The van der Waals surface area contributed by atoms with E-state index < -0.39 is 17.8 Å². The zero-order valence-electron chi connectivity index (χ0n) is 11.2. The van der Waals surface area contributed by atoms with Gasteiger partial charge in [-0.2, -0.15) is 0 Å². The number of anilines is 1. The summed E-state index contributed by atoms with van der Waals surface area (Å²) in [6.45, 7) is 2.02. The molecule has 0 bridgehead atoms. The highest BCUT2D eigenvalue weighted by Crippen LogP contribution is 2.32. The Hall–Kier alpha value is -1.15. The summed E-state index contributed by atoms with van der Waals surface area (Å²) in [4.78, 5) is 23.4. The summed E-state index contributed by atoms with van der Waals surface area (Å²) in [6.07, 6.45) is 2.96. The number of carboxylic acid groups (broad SMARTS) is 1. The molecular weight excluding hydrogens is 298 g/mol. The molecule has 1 aromatic heterocycles. The number of nitrogens with zero attached hydrogens (tertiary/aromatic N) is 2. The number of aromatic nitrogens is 2. The molecule has 1 amide bonds. The van der Waals surface area contributed by atoms with Crippen molar-refractivity contribution in [1.29, 1.82) is 0 Å². The quantitative estimate of drug-likeness (QED) is 0.640. The maximum absolute atomic E-state index is 12.2. The first-order valence-corrected chi connectivity index (χ1v) is 8.42. The largest absolute Gasteiger partial charge is 0.481 e. The van der Waals surface area contributed by atoms with Crippen LogP contribution in [0.15, 0.2) is 4.34 Å². The maximum atomic E-state index is 12.2. The Balaban J connectivity index is 2.00. The molecule has 1 saturated carbocycles. The van der Waals surface area contributed by atoms with Gasteiger partial charge in [0.1, 0.15) is 0 Å². The van der Waals surface area contributed by atoms with Crippen molar-refractivity contribution in [2.45, 2.75) is 36.9 Å². The highest BCUT2D eigenvalue weighted by Gasteiger charge is 2.36. The Morgan fingerprint density at radius 1 is 1.35 bits per heavy atom. The van der Waals surface area contributed by atoms with Crippen LogP contribution in [0.1, 0.15) is 32.6 Å². The summed E-state index contributed by atoms with van der Waals surface area (Å²) in [6, 6.07) is 0. The molecule has 2 N–H and O–H groups in total. The third-order valence-corrected chi connectivity index (χ3v) is 5.18. The number of nitrogens with one attached hydrogen (secondary N) is 1. The van der Waals surface area contributed by atoms with E-state index in [1.807, 2.05) is 6.92 Å². The monoisotopic (exact) mass is 315 g/mol. The predicted octanol–water partition coefficient (Wildman–Crippen LogP) is 2.48. The maximum Gasteiger partial charge on any atom is 0.307 e. The van der Waals surface area contributed by atoms with Crippen LogP contribution in [0, 0.1) is 11.8 Å². The van der Waals surface area contributed by atoms with Gasteiger partial charge in [0.25, 0.3) is 0 Å². The van der Waals surface area contributed by atoms with Crippen molar-refractivity contribution in [3.05, 3.63) is 0 Å². The third-order valence-electron chi connectivity index (χ3n) is 3.32. The highest BCUT2D eigenvalue weighted by molar-refractivity contribution is 8.01. The van der Waals surface area contributed by atoms with E-state index in [1.54, 1.807) is 11.8 Å². The van der Waals surface area contributed by atoms with Crippen LogP contribution in [0.25, 0.3) is 0 Å². The third kappa shape index (κ3) is 3.69. The van der Waals surface area contributed by atoms with Gasteiger partial charge in [-0.25, -0.2) is 0 Å². The lowest BCUT2D eigenvalue weighted by atomic mass is 9.79. The predicted molar refractivity (Wildman–Crippen MR) is 78.0 cm³/mol. The van der Waals surface area contributed by atoms with E-state index >= 15 is 0 Å². The zero-order valence-corrected chi connectivity index (χ0v) is 12.8. The highest BCUT2D eigenvalue weighted by atomic mass is 32.2. The number of hydrogen-bond donors (Lipinski definition) is 2. The van der Waals surface area contributed by atoms with Crippen LogP contribution in [0.4, 0.5) is 5.13 Å². The van der Waals surface area contributed by atoms with Gasteiger partial charge in [-0.1, -0.05) is 42.9 Å². The number of aliphatic carboxylic acids is 1. The van der Waals surface area contributed by atoms with Crippen molar-refractivity contribution in [1.82, 2.24) is 10.2 Å².